The molecule has 0 aliphatic rings. The summed E-state index contributed by atoms with van der Waals surface area (Å²) in [4.78, 5) is 30.1. The minimum atomic E-state index is -0.358. The zero-order valence-electron chi connectivity index (χ0n) is 13.5. The van der Waals surface area contributed by atoms with Crippen molar-refractivity contribution in [3.05, 3.63) is 62.8 Å². The average Bonchev–Trinajstić information content (AvgIpc) is 3.19. The Hall–Kier alpha value is -2.93. The molecule has 1 aromatic carbocycles. The molecule has 0 radical (unpaired) electrons. The van der Waals surface area contributed by atoms with E-state index in [1.807, 2.05) is 36.6 Å². The van der Waals surface area contributed by atoms with Crippen molar-refractivity contribution in [1.29, 1.82) is 0 Å². The molecule has 4 rings (SSSR count). The van der Waals surface area contributed by atoms with E-state index in [9.17, 15) is 9.59 Å². The van der Waals surface area contributed by atoms with Crippen LogP contribution in [-0.4, -0.2) is 15.5 Å². The van der Waals surface area contributed by atoms with Crippen LogP contribution in [0.15, 0.2) is 51.3 Å². The van der Waals surface area contributed by atoms with Crippen LogP contribution in [0.4, 0.5) is 0 Å². The molecule has 3 aromatic heterocycles. The number of rotatable bonds is 4. The second-order valence-corrected chi connectivity index (χ2v) is 6.76. The fourth-order valence-electron chi connectivity index (χ4n) is 2.70. The monoisotopic (exact) mass is 353 g/mol. The third-order valence-corrected chi connectivity index (χ3v) is 5.10. The van der Waals surface area contributed by atoms with Gasteiger partial charge < -0.3 is 9.73 Å². The molecular weight excluding hydrogens is 338 g/mol. The van der Waals surface area contributed by atoms with Gasteiger partial charge in [-0.05, 0) is 36.1 Å². The van der Waals surface area contributed by atoms with E-state index >= 15 is 0 Å². The number of carbonyl (C=O) groups excluding carboxylic acids is 1. The van der Waals surface area contributed by atoms with Crippen molar-refractivity contribution in [2.24, 2.45) is 0 Å². The molecule has 126 valence electrons. The lowest BCUT2D eigenvalue weighted by molar-refractivity contribution is -0.121. The standard InChI is InChI=1S/C18H15N3O3S/c1-11-6-7-25-14(11)8-19-15(22)9-21-10-20-16-12-4-2-3-5-13(12)24-17(16)18(21)23/h2-7,10H,8-9H2,1H3,(H,19,22). The Morgan fingerprint density at radius 3 is 2.96 bits per heavy atom. The molecule has 6 nitrogen and oxygen atoms in total. The number of hydrogen-bond donors (Lipinski definition) is 1. The van der Waals surface area contributed by atoms with Crippen molar-refractivity contribution in [2.75, 3.05) is 0 Å². The molecule has 1 N–H and O–H groups in total. The van der Waals surface area contributed by atoms with Gasteiger partial charge in [0.1, 0.15) is 17.6 Å². The van der Waals surface area contributed by atoms with Gasteiger partial charge in [0.2, 0.25) is 11.5 Å². The molecule has 0 aliphatic carbocycles. The van der Waals surface area contributed by atoms with Crippen molar-refractivity contribution in [3.8, 4) is 0 Å². The number of para-hydroxylation sites is 1. The molecule has 0 saturated carbocycles. The Balaban J connectivity index is 1.58. The van der Waals surface area contributed by atoms with Crippen molar-refractivity contribution in [1.82, 2.24) is 14.9 Å². The minimum Gasteiger partial charge on any atom is -0.448 e. The third-order valence-electron chi connectivity index (χ3n) is 4.08. The molecule has 7 heteroatoms. The first kappa shape index (κ1) is 15.6. The van der Waals surface area contributed by atoms with E-state index in [2.05, 4.69) is 10.3 Å². The van der Waals surface area contributed by atoms with Gasteiger partial charge in [0, 0.05) is 10.3 Å². The van der Waals surface area contributed by atoms with Crippen LogP contribution < -0.4 is 10.9 Å². The maximum atomic E-state index is 12.6. The molecule has 0 atom stereocenters. The van der Waals surface area contributed by atoms with Gasteiger partial charge in [-0.3, -0.25) is 14.2 Å². The van der Waals surface area contributed by atoms with Crippen LogP contribution in [0, 0.1) is 6.92 Å². The Labute approximate surface area is 146 Å². The van der Waals surface area contributed by atoms with Crippen molar-refractivity contribution >= 4 is 39.3 Å². The van der Waals surface area contributed by atoms with Crippen LogP contribution in [0.3, 0.4) is 0 Å². The van der Waals surface area contributed by atoms with Crippen LogP contribution in [0.25, 0.3) is 22.1 Å². The van der Waals surface area contributed by atoms with E-state index in [1.54, 1.807) is 17.4 Å². The Bertz CT molecular complexity index is 1140. The first-order chi connectivity index (χ1) is 12.1. The first-order valence-electron chi connectivity index (χ1n) is 7.80. The number of nitrogens with zero attached hydrogens (tertiary/aromatic N) is 2. The predicted octanol–water partition coefficient (Wildman–Crippen LogP) is 2.83. The summed E-state index contributed by atoms with van der Waals surface area (Å²) < 4.78 is 6.88. The lowest BCUT2D eigenvalue weighted by Crippen LogP contribution is -2.32. The molecule has 0 saturated heterocycles. The summed E-state index contributed by atoms with van der Waals surface area (Å²) >= 11 is 1.59. The fraction of sp³-hybridized carbons (Fsp3) is 0.167. The van der Waals surface area contributed by atoms with Crippen LogP contribution in [0.5, 0.6) is 0 Å². The van der Waals surface area contributed by atoms with Gasteiger partial charge >= 0.3 is 0 Å². The van der Waals surface area contributed by atoms with Gasteiger partial charge in [0.15, 0.2) is 0 Å². The van der Waals surface area contributed by atoms with Crippen LogP contribution >= 0.6 is 11.3 Å². The van der Waals surface area contributed by atoms with Crippen LogP contribution in [0.1, 0.15) is 10.4 Å². The highest BCUT2D eigenvalue weighted by Gasteiger charge is 2.14. The number of aromatic nitrogens is 2. The number of aryl methyl sites for hydroxylation is 1. The smallest absolute Gasteiger partial charge is 0.297 e. The molecule has 0 unspecified atom stereocenters. The summed E-state index contributed by atoms with van der Waals surface area (Å²) in [6.45, 7) is 2.36. The van der Waals surface area contributed by atoms with Gasteiger partial charge in [-0.1, -0.05) is 12.1 Å². The summed E-state index contributed by atoms with van der Waals surface area (Å²) in [6, 6.07) is 9.36. The van der Waals surface area contributed by atoms with E-state index in [0.29, 0.717) is 17.6 Å². The van der Waals surface area contributed by atoms with Gasteiger partial charge in [0.05, 0.1) is 12.9 Å². The highest BCUT2D eigenvalue weighted by molar-refractivity contribution is 7.10. The number of benzene rings is 1. The second kappa shape index (κ2) is 6.18. The van der Waals surface area contributed by atoms with Gasteiger partial charge in [-0.15, -0.1) is 11.3 Å². The quantitative estimate of drug-likeness (QED) is 0.612. The molecule has 0 spiro atoms. The SMILES string of the molecule is Cc1ccsc1CNC(=O)Cn1cnc2c(oc3ccccc32)c1=O. The second-order valence-electron chi connectivity index (χ2n) is 5.76. The van der Waals surface area contributed by atoms with Gasteiger partial charge in [-0.2, -0.15) is 0 Å². The summed E-state index contributed by atoms with van der Waals surface area (Å²) in [6.07, 6.45) is 1.39. The number of furan rings is 1. The largest absolute Gasteiger partial charge is 0.448 e. The molecule has 4 aromatic rings. The molecule has 0 bridgehead atoms. The molecule has 3 heterocycles. The topological polar surface area (TPSA) is 77.1 Å². The molecule has 0 aliphatic heterocycles. The van der Waals surface area contributed by atoms with E-state index in [0.717, 1.165) is 15.8 Å². The molecular formula is C18H15N3O3S. The highest BCUT2D eigenvalue weighted by Crippen LogP contribution is 2.24. The zero-order valence-corrected chi connectivity index (χ0v) is 14.3. The molecule has 0 fully saturated rings. The normalized spacial score (nSPS) is 11.2. The maximum absolute atomic E-state index is 12.6. The van der Waals surface area contributed by atoms with Gasteiger partial charge in [0.25, 0.3) is 5.56 Å². The van der Waals surface area contributed by atoms with Crippen molar-refractivity contribution < 1.29 is 9.21 Å². The number of nitrogens with one attached hydrogen (secondary N) is 1. The number of thiophene rings is 1. The average molecular weight is 353 g/mol. The lowest BCUT2D eigenvalue weighted by Gasteiger charge is -2.06. The molecule has 25 heavy (non-hydrogen) atoms. The Morgan fingerprint density at radius 2 is 2.16 bits per heavy atom. The maximum Gasteiger partial charge on any atom is 0.297 e. The van der Waals surface area contributed by atoms with E-state index in [-0.39, 0.29) is 23.6 Å². The van der Waals surface area contributed by atoms with Crippen molar-refractivity contribution in [2.45, 2.75) is 20.0 Å². The zero-order chi connectivity index (χ0) is 17.4. The minimum absolute atomic E-state index is 0.0940. The summed E-state index contributed by atoms with van der Waals surface area (Å²) in [5, 5.41) is 5.61. The van der Waals surface area contributed by atoms with Crippen LogP contribution in [0.2, 0.25) is 0 Å². The Kier molecular flexibility index (Phi) is 3.85. The highest BCUT2D eigenvalue weighted by atomic mass is 32.1. The molecule has 1 amide bonds. The van der Waals surface area contributed by atoms with Crippen molar-refractivity contribution in [3.63, 3.8) is 0 Å². The first-order valence-corrected chi connectivity index (χ1v) is 8.68. The third kappa shape index (κ3) is 2.83. The summed E-state index contributed by atoms with van der Waals surface area (Å²) in [5.74, 6) is -0.243. The number of hydrogen-bond acceptors (Lipinski definition) is 5. The van der Waals surface area contributed by atoms with E-state index in [1.165, 1.54) is 10.9 Å². The van der Waals surface area contributed by atoms with Crippen LogP contribution in [-0.2, 0) is 17.9 Å². The number of carbonyl (C=O) groups is 1. The lowest BCUT2D eigenvalue weighted by atomic mass is 10.2. The fourth-order valence-corrected chi connectivity index (χ4v) is 3.55. The van der Waals surface area contributed by atoms with E-state index in [4.69, 9.17) is 4.42 Å². The summed E-state index contributed by atoms with van der Waals surface area (Å²) in [5.41, 5.74) is 2.09. The number of fused-ring (bicyclic) bond motifs is 3. The number of amides is 1. The summed E-state index contributed by atoms with van der Waals surface area (Å²) in [7, 11) is 0. The predicted molar refractivity (Wildman–Crippen MR) is 96.7 cm³/mol. The Morgan fingerprint density at radius 1 is 1.32 bits per heavy atom. The van der Waals surface area contributed by atoms with Gasteiger partial charge in [-0.25, -0.2) is 4.98 Å². The van der Waals surface area contributed by atoms with E-state index < -0.39 is 0 Å².